The lowest BCUT2D eigenvalue weighted by Gasteiger charge is -2.15. The molecule has 104 valence electrons. The predicted octanol–water partition coefficient (Wildman–Crippen LogP) is 3.06. The van der Waals surface area contributed by atoms with Gasteiger partial charge in [-0.1, -0.05) is 32.0 Å². The molecule has 1 atom stereocenters. The average molecular weight is 266 g/mol. The van der Waals surface area contributed by atoms with Gasteiger partial charge in [-0.2, -0.15) is 0 Å². The van der Waals surface area contributed by atoms with Gasteiger partial charge in [0.1, 0.15) is 5.75 Å². The van der Waals surface area contributed by atoms with Crippen molar-refractivity contribution in [2.45, 2.75) is 34.0 Å². The third-order valence-corrected chi connectivity index (χ3v) is 2.30. The Morgan fingerprint density at radius 1 is 1.05 bits per heavy atom. The summed E-state index contributed by atoms with van der Waals surface area (Å²) in [5.74, 6) is -0.301. The zero-order valence-electron chi connectivity index (χ0n) is 11.5. The molecule has 0 spiro atoms. The average Bonchev–Trinajstić information content (AvgIpc) is 2.31. The number of ether oxygens (including phenoxy) is 3. The van der Waals surface area contributed by atoms with Gasteiger partial charge in [0, 0.05) is 6.92 Å². The zero-order valence-corrected chi connectivity index (χ0v) is 11.5. The number of hydrogen-bond acceptors (Lipinski definition) is 5. The molecule has 0 saturated heterocycles. The highest BCUT2D eigenvalue weighted by molar-refractivity contribution is 5.72. The number of aryl methyl sites for hydroxylation is 1. The summed E-state index contributed by atoms with van der Waals surface area (Å²) in [5.41, 5.74) is 0.811. The fraction of sp³-hybridized carbons (Fsp3) is 0.429. The molecule has 0 amide bonds. The van der Waals surface area contributed by atoms with Gasteiger partial charge in [0.05, 0.1) is 5.92 Å². The van der Waals surface area contributed by atoms with Crippen LogP contribution in [0.5, 0.6) is 5.75 Å². The summed E-state index contributed by atoms with van der Waals surface area (Å²) < 4.78 is 14.7. The van der Waals surface area contributed by atoms with Gasteiger partial charge in [-0.3, -0.25) is 4.79 Å². The van der Waals surface area contributed by atoms with Crippen LogP contribution in [0.2, 0.25) is 0 Å². The van der Waals surface area contributed by atoms with Gasteiger partial charge in [0.25, 0.3) is 0 Å². The van der Waals surface area contributed by atoms with Gasteiger partial charge in [0.2, 0.25) is 6.29 Å². The third kappa shape index (κ3) is 4.99. The van der Waals surface area contributed by atoms with Crippen LogP contribution in [0, 0.1) is 12.8 Å². The van der Waals surface area contributed by atoms with Crippen LogP contribution in [0.1, 0.15) is 26.3 Å². The minimum Gasteiger partial charge on any atom is -0.425 e. The molecule has 0 fully saturated rings. The van der Waals surface area contributed by atoms with Crippen molar-refractivity contribution >= 4 is 12.1 Å². The topological polar surface area (TPSA) is 61.8 Å². The van der Waals surface area contributed by atoms with E-state index < -0.39 is 18.4 Å². The summed E-state index contributed by atoms with van der Waals surface area (Å²) >= 11 is 0. The molecule has 5 heteroatoms. The minimum atomic E-state index is -0.980. The molecule has 1 aromatic carbocycles. The molecule has 0 aliphatic heterocycles. The summed E-state index contributed by atoms with van der Waals surface area (Å²) in [6, 6.07) is 7.05. The number of esters is 1. The molecule has 0 aliphatic rings. The molecule has 0 N–H and O–H groups in total. The van der Waals surface area contributed by atoms with Crippen molar-refractivity contribution in [1.29, 1.82) is 0 Å². The Kier molecular flexibility index (Phi) is 5.36. The van der Waals surface area contributed by atoms with Crippen LogP contribution in [0.4, 0.5) is 4.79 Å². The molecule has 5 nitrogen and oxygen atoms in total. The van der Waals surface area contributed by atoms with Crippen LogP contribution in [0.25, 0.3) is 0 Å². The van der Waals surface area contributed by atoms with E-state index in [9.17, 15) is 9.59 Å². The lowest BCUT2D eigenvalue weighted by molar-refractivity contribution is -0.170. The summed E-state index contributed by atoms with van der Waals surface area (Å²) in [6.07, 6.45) is -1.88. The monoisotopic (exact) mass is 266 g/mol. The number of carbonyl (C=O) groups is 2. The van der Waals surface area contributed by atoms with Crippen molar-refractivity contribution in [1.82, 2.24) is 0 Å². The van der Waals surface area contributed by atoms with E-state index in [0.29, 0.717) is 5.75 Å². The SMILES string of the molecule is Cc1ccccc1OC(=O)OC(C)OC(=O)C(C)C. The quantitative estimate of drug-likeness (QED) is 0.476. The molecule has 0 saturated carbocycles. The van der Waals surface area contributed by atoms with E-state index in [1.165, 1.54) is 6.92 Å². The van der Waals surface area contributed by atoms with Crippen LogP contribution in [-0.4, -0.2) is 18.4 Å². The van der Waals surface area contributed by atoms with Gasteiger partial charge in [-0.25, -0.2) is 4.79 Å². The first kappa shape index (κ1) is 15.0. The maximum absolute atomic E-state index is 11.5. The first-order valence-corrected chi connectivity index (χ1v) is 6.04. The van der Waals surface area contributed by atoms with Crippen LogP contribution < -0.4 is 4.74 Å². The van der Waals surface area contributed by atoms with E-state index >= 15 is 0 Å². The molecule has 0 aromatic heterocycles. The Labute approximate surface area is 112 Å². The second-order valence-electron chi connectivity index (χ2n) is 4.39. The second kappa shape index (κ2) is 6.78. The first-order valence-electron chi connectivity index (χ1n) is 6.04. The number of para-hydroxylation sites is 1. The zero-order chi connectivity index (χ0) is 14.4. The highest BCUT2D eigenvalue weighted by Gasteiger charge is 2.18. The van der Waals surface area contributed by atoms with Crippen molar-refractivity contribution in [3.63, 3.8) is 0 Å². The number of carbonyl (C=O) groups excluding carboxylic acids is 2. The first-order chi connectivity index (χ1) is 8.90. The normalized spacial score (nSPS) is 11.8. The number of benzene rings is 1. The van der Waals surface area contributed by atoms with E-state index in [1.807, 2.05) is 19.1 Å². The molecule has 19 heavy (non-hydrogen) atoms. The van der Waals surface area contributed by atoms with Crippen LogP contribution in [0.3, 0.4) is 0 Å². The third-order valence-electron chi connectivity index (χ3n) is 2.30. The van der Waals surface area contributed by atoms with Crippen molar-refractivity contribution in [3.05, 3.63) is 29.8 Å². The maximum Gasteiger partial charge on any atom is 0.516 e. The molecule has 1 aromatic rings. The Balaban J connectivity index is 2.48. The van der Waals surface area contributed by atoms with Crippen LogP contribution in [-0.2, 0) is 14.3 Å². The summed E-state index contributed by atoms with van der Waals surface area (Å²) in [7, 11) is 0. The minimum absolute atomic E-state index is 0.279. The van der Waals surface area contributed by atoms with Gasteiger partial charge in [0.15, 0.2) is 0 Å². The Bertz CT molecular complexity index is 453. The Hall–Kier alpha value is -2.04. The van der Waals surface area contributed by atoms with Gasteiger partial charge in [-0.15, -0.1) is 0 Å². The van der Waals surface area contributed by atoms with Gasteiger partial charge in [-0.05, 0) is 18.6 Å². The fourth-order valence-electron chi connectivity index (χ4n) is 1.24. The smallest absolute Gasteiger partial charge is 0.425 e. The van der Waals surface area contributed by atoms with Crippen molar-refractivity contribution < 1.29 is 23.8 Å². The van der Waals surface area contributed by atoms with Crippen LogP contribution in [0.15, 0.2) is 24.3 Å². The molecule has 0 bridgehead atoms. The van der Waals surface area contributed by atoms with E-state index in [4.69, 9.17) is 14.2 Å². The lowest BCUT2D eigenvalue weighted by atomic mass is 10.2. The summed E-state index contributed by atoms with van der Waals surface area (Å²) in [4.78, 5) is 22.8. The highest BCUT2D eigenvalue weighted by Crippen LogP contribution is 2.17. The molecule has 1 unspecified atom stereocenters. The van der Waals surface area contributed by atoms with Crippen molar-refractivity contribution in [2.75, 3.05) is 0 Å². The predicted molar refractivity (Wildman–Crippen MR) is 68.7 cm³/mol. The number of rotatable bonds is 4. The van der Waals surface area contributed by atoms with E-state index in [1.54, 1.807) is 26.0 Å². The molecule has 1 rings (SSSR count). The second-order valence-corrected chi connectivity index (χ2v) is 4.39. The summed E-state index contributed by atoms with van der Waals surface area (Å²) in [5, 5.41) is 0. The fourth-order valence-corrected chi connectivity index (χ4v) is 1.24. The molecule has 0 aliphatic carbocycles. The highest BCUT2D eigenvalue weighted by atomic mass is 16.8. The molecular formula is C14H18O5. The molecule has 0 heterocycles. The maximum atomic E-state index is 11.5. The number of hydrogen-bond donors (Lipinski definition) is 0. The Morgan fingerprint density at radius 3 is 2.26 bits per heavy atom. The lowest BCUT2D eigenvalue weighted by Crippen LogP contribution is -2.25. The van der Waals surface area contributed by atoms with Crippen molar-refractivity contribution in [2.24, 2.45) is 5.92 Å². The Morgan fingerprint density at radius 2 is 1.68 bits per heavy atom. The van der Waals surface area contributed by atoms with Gasteiger partial charge < -0.3 is 14.2 Å². The van der Waals surface area contributed by atoms with Crippen LogP contribution >= 0.6 is 0 Å². The van der Waals surface area contributed by atoms with E-state index in [-0.39, 0.29) is 5.92 Å². The molecular weight excluding hydrogens is 248 g/mol. The largest absolute Gasteiger partial charge is 0.516 e. The molecule has 0 radical (unpaired) electrons. The standard InChI is InChI=1S/C14H18O5/c1-9(2)13(15)17-11(4)18-14(16)19-12-8-6-5-7-10(12)3/h5-9,11H,1-4H3. The van der Waals surface area contributed by atoms with E-state index in [2.05, 4.69) is 0 Å². The van der Waals surface area contributed by atoms with Crippen molar-refractivity contribution in [3.8, 4) is 5.75 Å². The summed E-state index contributed by atoms with van der Waals surface area (Å²) in [6.45, 7) is 6.66. The van der Waals surface area contributed by atoms with E-state index in [0.717, 1.165) is 5.56 Å². The van der Waals surface area contributed by atoms with Gasteiger partial charge >= 0.3 is 12.1 Å².